The number of hydrogen-bond donors (Lipinski definition) is 2. The fraction of sp³-hybridized carbons (Fsp3) is 0.150. The summed E-state index contributed by atoms with van der Waals surface area (Å²) in [4.78, 5) is 29.1. The normalized spacial score (nSPS) is 11.6. The van der Waals surface area contributed by atoms with Crippen LogP contribution in [0.1, 0.15) is 32.0 Å². The number of nitrogens with zero attached hydrogens (tertiary/aromatic N) is 1. The van der Waals surface area contributed by atoms with Crippen molar-refractivity contribution >= 4 is 23.2 Å². The predicted molar refractivity (Wildman–Crippen MR) is 103 cm³/mol. The number of ether oxygens (including phenoxy) is 1. The van der Waals surface area contributed by atoms with Gasteiger partial charge in [0.05, 0.1) is 5.69 Å². The number of aryl methyl sites for hydroxylation is 1. The van der Waals surface area contributed by atoms with Crippen LogP contribution >= 0.6 is 11.3 Å². The molecule has 0 radical (unpaired) electrons. The number of nitrogens with one attached hydrogen (secondary N) is 1. The highest BCUT2D eigenvalue weighted by molar-refractivity contribution is 7.13. The van der Waals surface area contributed by atoms with Crippen LogP contribution in [0.4, 0.5) is 4.39 Å². The van der Waals surface area contributed by atoms with Gasteiger partial charge >= 0.3 is 0 Å². The van der Waals surface area contributed by atoms with Crippen molar-refractivity contribution in [2.45, 2.75) is 19.6 Å². The number of aromatic nitrogens is 1. The Morgan fingerprint density at radius 1 is 1.18 bits per heavy atom. The summed E-state index contributed by atoms with van der Waals surface area (Å²) in [5.74, 6) is -0.936. The molecule has 2 amide bonds. The number of rotatable bonds is 7. The molecule has 3 rings (SSSR count). The lowest BCUT2D eigenvalue weighted by atomic mass is 10.1. The zero-order chi connectivity index (χ0) is 20.1. The Labute approximate surface area is 165 Å². The Balaban J connectivity index is 1.70. The molecule has 0 aliphatic carbocycles. The summed E-state index contributed by atoms with van der Waals surface area (Å²) in [7, 11) is 0. The average molecular weight is 399 g/mol. The topological polar surface area (TPSA) is 94.3 Å². The monoisotopic (exact) mass is 399 g/mol. The van der Waals surface area contributed by atoms with Crippen molar-refractivity contribution in [2.75, 3.05) is 0 Å². The molecule has 0 aliphatic rings. The molecule has 1 atom stereocenters. The summed E-state index contributed by atoms with van der Waals surface area (Å²) >= 11 is 1.16. The number of halogens is 1. The molecule has 8 heteroatoms. The second kappa shape index (κ2) is 8.62. The summed E-state index contributed by atoms with van der Waals surface area (Å²) in [5, 5.41) is 3.24. The van der Waals surface area contributed by atoms with Crippen LogP contribution in [0, 0.1) is 12.7 Å². The molecule has 28 heavy (non-hydrogen) atoms. The van der Waals surface area contributed by atoms with Crippen LogP contribution in [0.2, 0.25) is 0 Å². The fourth-order valence-corrected chi connectivity index (χ4v) is 3.44. The molecule has 6 nitrogen and oxygen atoms in total. The summed E-state index contributed by atoms with van der Waals surface area (Å²) in [6, 6.07) is 13.5. The van der Waals surface area contributed by atoms with E-state index in [1.165, 1.54) is 24.3 Å². The first-order valence-corrected chi connectivity index (χ1v) is 9.25. The third-order valence-corrected chi connectivity index (χ3v) is 5.05. The Bertz CT molecular complexity index is 974. The van der Waals surface area contributed by atoms with Gasteiger partial charge in [0, 0.05) is 0 Å². The third-order valence-electron chi connectivity index (χ3n) is 3.92. The number of carbonyl (C=O) groups excluding carboxylic acids is 2. The van der Waals surface area contributed by atoms with E-state index in [2.05, 4.69) is 10.3 Å². The van der Waals surface area contributed by atoms with Crippen molar-refractivity contribution in [1.29, 1.82) is 0 Å². The third kappa shape index (κ3) is 4.72. The van der Waals surface area contributed by atoms with E-state index in [0.29, 0.717) is 26.9 Å². The van der Waals surface area contributed by atoms with Crippen molar-refractivity contribution in [3.8, 4) is 5.75 Å². The van der Waals surface area contributed by atoms with Gasteiger partial charge < -0.3 is 15.8 Å². The van der Waals surface area contributed by atoms with Crippen molar-refractivity contribution in [1.82, 2.24) is 10.3 Å². The van der Waals surface area contributed by atoms with Gasteiger partial charge in [-0.2, -0.15) is 0 Å². The van der Waals surface area contributed by atoms with Crippen LogP contribution in [0.5, 0.6) is 5.75 Å². The van der Waals surface area contributed by atoms with Crippen LogP contribution < -0.4 is 15.8 Å². The van der Waals surface area contributed by atoms with Gasteiger partial charge in [-0.15, -0.1) is 11.3 Å². The van der Waals surface area contributed by atoms with Crippen molar-refractivity contribution in [2.24, 2.45) is 5.73 Å². The molecule has 1 aromatic heterocycles. The zero-order valence-electron chi connectivity index (χ0n) is 15.0. The number of hydrogen-bond acceptors (Lipinski definition) is 5. The van der Waals surface area contributed by atoms with Crippen LogP contribution in [0.15, 0.2) is 54.6 Å². The molecule has 2 aromatic carbocycles. The van der Waals surface area contributed by atoms with Gasteiger partial charge in [0.15, 0.2) is 0 Å². The minimum atomic E-state index is -0.936. The second-order valence-corrected chi connectivity index (χ2v) is 7.07. The molecule has 1 heterocycles. The zero-order valence-corrected chi connectivity index (χ0v) is 15.8. The number of amides is 2. The first-order valence-electron chi connectivity index (χ1n) is 8.44. The van der Waals surface area contributed by atoms with Gasteiger partial charge in [0.2, 0.25) is 5.91 Å². The van der Waals surface area contributed by atoms with Crippen molar-refractivity contribution < 1.29 is 18.7 Å². The lowest BCUT2D eigenvalue weighted by Gasteiger charge is -2.15. The molecule has 3 N–H and O–H groups in total. The lowest BCUT2D eigenvalue weighted by Crippen LogP contribution is -2.37. The molecular weight excluding hydrogens is 381 g/mol. The highest BCUT2D eigenvalue weighted by atomic mass is 32.1. The van der Waals surface area contributed by atoms with E-state index in [-0.39, 0.29) is 12.4 Å². The van der Waals surface area contributed by atoms with Crippen molar-refractivity contribution in [3.05, 3.63) is 81.6 Å². The first-order chi connectivity index (χ1) is 13.4. The average Bonchev–Trinajstić information content (AvgIpc) is 3.06. The number of benzene rings is 2. The van der Waals surface area contributed by atoms with Gasteiger partial charge in [-0.25, -0.2) is 9.37 Å². The molecule has 0 fully saturated rings. The molecule has 3 aromatic rings. The van der Waals surface area contributed by atoms with E-state index < -0.39 is 17.9 Å². The molecule has 0 saturated carbocycles. The largest absolute Gasteiger partial charge is 0.486 e. The molecule has 0 saturated heterocycles. The van der Waals surface area contributed by atoms with E-state index >= 15 is 0 Å². The number of thiazole rings is 1. The summed E-state index contributed by atoms with van der Waals surface area (Å²) in [6.45, 7) is 1.84. The number of primary amides is 1. The van der Waals surface area contributed by atoms with Crippen molar-refractivity contribution in [3.63, 3.8) is 0 Å². The highest BCUT2D eigenvalue weighted by Crippen LogP contribution is 2.22. The molecule has 0 bridgehead atoms. The Morgan fingerprint density at radius 3 is 2.50 bits per heavy atom. The molecule has 0 unspecified atom stereocenters. The van der Waals surface area contributed by atoms with Crippen LogP contribution in [0.3, 0.4) is 0 Å². The minimum absolute atomic E-state index is 0.141. The Morgan fingerprint density at radius 2 is 1.86 bits per heavy atom. The van der Waals surface area contributed by atoms with Gasteiger partial charge in [0.25, 0.3) is 5.91 Å². The molecule has 0 spiro atoms. The summed E-state index contributed by atoms with van der Waals surface area (Å²) in [6.07, 6.45) is 0. The number of nitrogens with two attached hydrogens (primary N) is 1. The van der Waals surface area contributed by atoms with E-state index in [1.54, 1.807) is 31.2 Å². The van der Waals surface area contributed by atoms with Gasteiger partial charge in [-0.05, 0) is 36.8 Å². The quantitative estimate of drug-likeness (QED) is 0.638. The first kappa shape index (κ1) is 19.5. The minimum Gasteiger partial charge on any atom is -0.486 e. The van der Waals surface area contributed by atoms with E-state index in [0.717, 1.165) is 11.3 Å². The lowest BCUT2D eigenvalue weighted by molar-refractivity contribution is -0.120. The SMILES string of the molecule is Cc1nc(COc2ccc(F)cc2)sc1C(=O)N[C@@H](C(N)=O)c1ccccc1. The van der Waals surface area contributed by atoms with E-state index in [1.807, 2.05) is 6.07 Å². The summed E-state index contributed by atoms with van der Waals surface area (Å²) in [5.41, 5.74) is 6.58. The van der Waals surface area contributed by atoms with E-state index in [9.17, 15) is 14.0 Å². The second-order valence-electron chi connectivity index (χ2n) is 5.98. The van der Waals surface area contributed by atoms with Crippen LogP contribution in [0.25, 0.3) is 0 Å². The Hall–Kier alpha value is -3.26. The smallest absolute Gasteiger partial charge is 0.264 e. The van der Waals surface area contributed by atoms with E-state index in [4.69, 9.17) is 10.5 Å². The van der Waals surface area contributed by atoms with Gasteiger partial charge in [0.1, 0.15) is 34.1 Å². The summed E-state index contributed by atoms with van der Waals surface area (Å²) < 4.78 is 18.5. The maximum Gasteiger partial charge on any atom is 0.264 e. The maximum atomic E-state index is 12.9. The molecule has 144 valence electrons. The predicted octanol–water partition coefficient (Wildman–Crippen LogP) is 3.13. The van der Waals surface area contributed by atoms with Gasteiger partial charge in [-0.1, -0.05) is 30.3 Å². The standard InChI is InChI=1S/C20H18FN3O3S/c1-12-18(20(26)24-17(19(22)25)13-5-3-2-4-6-13)28-16(23-12)11-27-15-9-7-14(21)8-10-15/h2-10,17H,11H2,1H3,(H2,22,25)(H,24,26)/t17-/m1/s1. The van der Waals surface area contributed by atoms with Gasteiger partial charge in [-0.3, -0.25) is 9.59 Å². The molecule has 0 aliphatic heterocycles. The maximum absolute atomic E-state index is 12.9. The number of carbonyl (C=O) groups is 2. The highest BCUT2D eigenvalue weighted by Gasteiger charge is 2.23. The Kier molecular flexibility index (Phi) is 6.00. The van der Waals surface area contributed by atoms with Crippen LogP contribution in [-0.2, 0) is 11.4 Å². The molecular formula is C20H18FN3O3S. The van der Waals surface area contributed by atoms with Crippen LogP contribution in [-0.4, -0.2) is 16.8 Å². The fourth-order valence-electron chi connectivity index (χ4n) is 2.56.